The molecule has 5 heteroatoms. The van der Waals surface area contributed by atoms with Crippen LogP contribution in [0.5, 0.6) is 0 Å². The molecule has 1 atom stereocenters. The summed E-state index contributed by atoms with van der Waals surface area (Å²) in [5.41, 5.74) is 2.42. The molecule has 0 aromatic carbocycles. The largest absolute Gasteiger partial charge is 0.344 e. The number of carbonyl (C=O) groups excluding carboxylic acids is 2. The Morgan fingerprint density at radius 3 is 2.82 bits per heavy atom. The maximum Gasteiger partial charge on any atom is 0.245 e. The minimum Gasteiger partial charge on any atom is -0.344 e. The van der Waals surface area contributed by atoms with E-state index in [0.717, 1.165) is 18.4 Å². The van der Waals surface area contributed by atoms with Crippen LogP contribution in [0.15, 0.2) is 11.1 Å². The SMILES string of the molecule is CC(=CCl)CN1CCC(=O)NC(C2CC2)C1=O. The lowest BCUT2D eigenvalue weighted by molar-refractivity contribution is -0.133. The molecule has 0 aromatic heterocycles. The van der Waals surface area contributed by atoms with Crippen LogP contribution in [0.4, 0.5) is 0 Å². The standard InChI is InChI=1S/C12H17ClN2O2/c1-8(6-13)7-15-5-4-10(16)14-11(12(15)17)9-2-3-9/h6,9,11H,2-5,7H2,1H3,(H,14,16). The molecule has 1 heterocycles. The first-order valence-corrected chi connectivity index (χ1v) is 6.39. The van der Waals surface area contributed by atoms with Gasteiger partial charge in [-0.2, -0.15) is 0 Å². The quantitative estimate of drug-likeness (QED) is 0.826. The Balaban J connectivity index is 2.09. The zero-order chi connectivity index (χ0) is 12.4. The molecule has 0 aromatic rings. The maximum atomic E-state index is 12.3. The van der Waals surface area contributed by atoms with Crippen LogP contribution in [0.1, 0.15) is 26.2 Å². The van der Waals surface area contributed by atoms with Crippen LogP contribution >= 0.6 is 11.6 Å². The van der Waals surface area contributed by atoms with Crippen LogP contribution in [0.3, 0.4) is 0 Å². The minimum atomic E-state index is -0.312. The summed E-state index contributed by atoms with van der Waals surface area (Å²) in [4.78, 5) is 25.5. The summed E-state index contributed by atoms with van der Waals surface area (Å²) in [7, 11) is 0. The van der Waals surface area contributed by atoms with E-state index in [-0.39, 0.29) is 17.9 Å². The van der Waals surface area contributed by atoms with Crippen molar-refractivity contribution in [3.8, 4) is 0 Å². The molecule has 0 spiro atoms. The molecule has 2 rings (SSSR count). The van der Waals surface area contributed by atoms with Gasteiger partial charge in [0, 0.05) is 25.0 Å². The fraction of sp³-hybridized carbons (Fsp3) is 0.667. The lowest BCUT2D eigenvalue weighted by Crippen LogP contribution is -2.46. The van der Waals surface area contributed by atoms with Crippen molar-refractivity contribution < 1.29 is 9.59 Å². The van der Waals surface area contributed by atoms with E-state index >= 15 is 0 Å². The van der Waals surface area contributed by atoms with Gasteiger partial charge in [0.05, 0.1) is 0 Å². The van der Waals surface area contributed by atoms with E-state index in [2.05, 4.69) is 5.32 Å². The third-order valence-corrected chi connectivity index (χ3v) is 3.60. The first-order valence-electron chi connectivity index (χ1n) is 5.96. The minimum absolute atomic E-state index is 0.0229. The second-order valence-corrected chi connectivity index (χ2v) is 5.07. The Morgan fingerprint density at radius 1 is 1.53 bits per heavy atom. The summed E-state index contributed by atoms with van der Waals surface area (Å²) < 4.78 is 0. The lowest BCUT2D eigenvalue weighted by Gasteiger charge is -2.24. The molecule has 4 nitrogen and oxygen atoms in total. The van der Waals surface area contributed by atoms with Gasteiger partial charge in [0.2, 0.25) is 11.8 Å². The molecule has 2 aliphatic rings. The number of carbonyl (C=O) groups is 2. The number of nitrogens with zero attached hydrogens (tertiary/aromatic N) is 1. The van der Waals surface area contributed by atoms with Crippen LogP contribution in [0.25, 0.3) is 0 Å². The van der Waals surface area contributed by atoms with Crippen molar-refractivity contribution in [1.29, 1.82) is 0 Å². The Labute approximate surface area is 106 Å². The number of nitrogens with one attached hydrogen (secondary N) is 1. The lowest BCUT2D eigenvalue weighted by atomic mass is 10.1. The van der Waals surface area contributed by atoms with Gasteiger partial charge in [0.25, 0.3) is 0 Å². The molecular formula is C12H17ClN2O2. The highest BCUT2D eigenvalue weighted by molar-refractivity contribution is 6.25. The molecule has 94 valence electrons. The molecule has 1 N–H and O–H groups in total. The molecule has 0 bridgehead atoms. The fourth-order valence-corrected chi connectivity index (χ4v) is 2.16. The average Bonchev–Trinajstić information content (AvgIpc) is 3.13. The van der Waals surface area contributed by atoms with Crippen molar-refractivity contribution in [3.63, 3.8) is 0 Å². The van der Waals surface area contributed by atoms with Crippen molar-refractivity contribution in [2.24, 2.45) is 5.92 Å². The summed E-state index contributed by atoms with van der Waals surface area (Å²) in [6.07, 6.45) is 2.45. The van der Waals surface area contributed by atoms with Gasteiger partial charge in [-0.05, 0) is 31.3 Å². The molecule has 0 radical (unpaired) electrons. The first-order chi connectivity index (χ1) is 8.11. The Hall–Kier alpha value is -1.03. The highest BCUT2D eigenvalue weighted by Gasteiger charge is 2.40. The van der Waals surface area contributed by atoms with Gasteiger partial charge in [-0.15, -0.1) is 0 Å². The molecule has 1 saturated heterocycles. The zero-order valence-electron chi connectivity index (χ0n) is 9.91. The van der Waals surface area contributed by atoms with E-state index in [4.69, 9.17) is 11.6 Å². The molecular weight excluding hydrogens is 240 g/mol. The second kappa shape index (κ2) is 5.08. The van der Waals surface area contributed by atoms with E-state index in [1.807, 2.05) is 6.92 Å². The van der Waals surface area contributed by atoms with Crippen LogP contribution in [0.2, 0.25) is 0 Å². The summed E-state index contributed by atoms with van der Waals surface area (Å²) in [6, 6.07) is -0.312. The number of hydrogen-bond donors (Lipinski definition) is 1. The molecule has 1 saturated carbocycles. The number of rotatable bonds is 3. The molecule has 17 heavy (non-hydrogen) atoms. The van der Waals surface area contributed by atoms with Gasteiger partial charge in [-0.3, -0.25) is 9.59 Å². The average molecular weight is 257 g/mol. The molecule has 1 aliphatic heterocycles. The summed E-state index contributed by atoms with van der Waals surface area (Å²) >= 11 is 5.62. The van der Waals surface area contributed by atoms with E-state index in [1.54, 1.807) is 4.90 Å². The third kappa shape index (κ3) is 3.00. The van der Waals surface area contributed by atoms with E-state index in [1.165, 1.54) is 5.54 Å². The van der Waals surface area contributed by atoms with Crippen molar-refractivity contribution in [2.45, 2.75) is 32.2 Å². The molecule has 1 aliphatic carbocycles. The predicted octanol–water partition coefficient (Wildman–Crippen LogP) is 1.26. The van der Waals surface area contributed by atoms with Crippen molar-refractivity contribution in [3.05, 3.63) is 11.1 Å². The van der Waals surface area contributed by atoms with Gasteiger partial charge in [0.15, 0.2) is 0 Å². The summed E-state index contributed by atoms with van der Waals surface area (Å²) in [6.45, 7) is 2.88. The zero-order valence-corrected chi connectivity index (χ0v) is 10.7. The number of hydrogen-bond acceptors (Lipinski definition) is 2. The van der Waals surface area contributed by atoms with Crippen LogP contribution in [-0.4, -0.2) is 35.8 Å². The number of halogens is 1. The van der Waals surface area contributed by atoms with Crippen molar-refractivity contribution >= 4 is 23.4 Å². The van der Waals surface area contributed by atoms with E-state index in [0.29, 0.717) is 25.4 Å². The van der Waals surface area contributed by atoms with E-state index in [9.17, 15) is 9.59 Å². The predicted molar refractivity (Wildman–Crippen MR) is 65.5 cm³/mol. The normalized spacial score (nSPS) is 26.8. The monoisotopic (exact) mass is 256 g/mol. The first kappa shape index (κ1) is 12.4. The summed E-state index contributed by atoms with van der Waals surface area (Å²) in [5.74, 6) is 0.355. The van der Waals surface area contributed by atoms with Crippen molar-refractivity contribution in [1.82, 2.24) is 10.2 Å². The maximum absolute atomic E-state index is 12.3. The molecule has 2 amide bonds. The summed E-state index contributed by atoms with van der Waals surface area (Å²) in [5, 5.41) is 2.83. The second-order valence-electron chi connectivity index (χ2n) is 4.85. The van der Waals surface area contributed by atoms with Gasteiger partial charge in [0.1, 0.15) is 6.04 Å². The topological polar surface area (TPSA) is 49.4 Å². The fourth-order valence-electron chi connectivity index (χ4n) is 2.09. The van der Waals surface area contributed by atoms with Crippen LogP contribution in [-0.2, 0) is 9.59 Å². The van der Waals surface area contributed by atoms with Gasteiger partial charge >= 0.3 is 0 Å². The van der Waals surface area contributed by atoms with E-state index < -0.39 is 0 Å². The van der Waals surface area contributed by atoms with Crippen LogP contribution < -0.4 is 5.32 Å². The van der Waals surface area contributed by atoms with Crippen LogP contribution in [0, 0.1) is 5.92 Å². The Morgan fingerprint density at radius 2 is 2.24 bits per heavy atom. The Bertz CT molecular complexity index is 364. The molecule has 2 fully saturated rings. The van der Waals surface area contributed by atoms with Crippen molar-refractivity contribution in [2.75, 3.05) is 13.1 Å². The highest BCUT2D eigenvalue weighted by Crippen LogP contribution is 2.34. The third-order valence-electron chi connectivity index (χ3n) is 3.22. The van der Waals surface area contributed by atoms with Gasteiger partial charge in [-0.1, -0.05) is 11.6 Å². The smallest absolute Gasteiger partial charge is 0.245 e. The number of amides is 2. The van der Waals surface area contributed by atoms with Gasteiger partial charge in [-0.25, -0.2) is 0 Å². The highest BCUT2D eigenvalue weighted by atomic mass is 35.5. The molecule has 1 unspecified atom stereocenters. The van der Waals surface area contributed by atoms with Gasteiger partial charge < -0.3 is 10.2 Å². The Kier molecular flexibility index (Phi) is 3.72.